The predicted molar refractivity (Wildman–Crippen MR) is 81.8 cm³/mol. The molecule has 2 aromatic rings. The van der Waals surface area contributed by atoms with Gasteiger partial charge in [0.25, 0.3) is 0 Å². The van der Waals surface area contributed by atoms with Crippen LogP contribution in [0.3, 0.4) is 0 Å². The first-order chi connectivity index (χ1) is 9.94. The summed E-state index contributed by atoms with van der Waals surface area (Å²) in [6.45, 7) is 4.65. The van der Waals surface area contributed by atoms with Gasteiger partial charge in [-0.15, -0.1) is 11.3 Å². The third-order valence-electron chi connectivity index (χ3n) is 4.31. The molecule has 1 N–H and O–H groups in total. The second-order valence-corrected chi connectivity index (χ2v) is 7.40. The maximum atomic E-state index is 10.9. The average Bonchev–Trinajstić information content (AvgIpc) is 3.07. The molecule has 0 radical (unpaired) electrons. The fraction of sp³-hybridized carbons (Fsp3) is 0.500. The first-order valence-corrected chi connectivity index (χ1v) is 8.10. The zero-order chi connectivity index (χ0) is 15.0. The third-order valence-corrected chi connectivity index (χ3v) is 5.32. The minimum atomic E-state index is -0.977. The van der Waals surface area contributed by atoms with Gasteiger partial charge in [0.15, 0.2) is 5.76 Å². The van der Waals surface area contributed by atoms with Crippen molar-refractivity contribution in [2.45, 2.75) is 45.4 Å². The topological polar surface area (TPSA) is 63.3 Å². The molecule has 21 heavy (non-hydrogen) atoms. The van der Waals surface area contributed by atoms with E-state index in [1.54, 1.807) is 11.3 Å². The molecule has 0 saturated heterocycles. The summed E-state index contributed by atoms with van der Waals surface area (Å²) in [6, 6.07) is 1.53. The first kappa shape index (κ1) is 14.3. The van der Waals surface area contributed by atoms with Gasteiger partial charge >= 0.3 is 5.97 Å². The van der Waals surface area contributed by atoms with Crippen molar-refractivity contribution in [3.05, 3.63) is 28.3 Å². The largest absolute Gasteiger partial charge is 0.478 e. The molecule has 0 unspecified atom stereocenters. The lowest BCUT2D eigenvalue weighted by Crippen LogP contribution is -2.20. The van der Waals surface area contributed by atoms with Crippen LogP contribution in [0.5, 0.6) is 0 Å². The molecule has 0 amide bonds. The number of aromatic carboxylic acids is 1. The van der Waals surface area contributed by atoms with Crippen LogP contribution in [-0.2, 0) is 0 Å². The average molecular weight is 305 g/mol. The van der Waals surface area contributed by atoms with Gasteiger partial charge in [-0.25, -0.2) is 9.78 Å². The van der Waals surface area contributed by atoms with Gasteiger partial charge in [0.05, 0.1) is 10.6 Å². The Kier molecular flexibility index (Phi) is 3.61. The Morgan fingerprint density at radius 2 is 2.14 bits per heavy atom. The molecule has 1 fully saturated rings. The van der Waals surface area contributed by atoms with Crippen molar-refractivity contribution in [1.82, 2.24) is 4.98 Å². The standard InChI is InChI=1S/C16H19NO3S/c1-16(2)5-3-10(4-6-16)14-17-12(9-21-14)13-7-11(8-20-13)15(18)19/h7-10H,3-6H2,1-2H3,(H,18,19). The highest BCUT2D eigenvalue weighted by molar-refractivity contribution is 7.10. The Hall–Kier alpha value is -1.62. The highest BCUT2D eigenvalue weighted by Crippen LogP contribution is 2.43. The summed E-state index contributed by atoms with van der Waals surface area (Å²) in [6.07, 6.45) is 6.09. The molecule has 0 aromatic carbocycles. The van der Waals surface area contributed by atoms with Crippen LogP contribution in [0, 0.1) is 5.41 Å². The monoisotopic (exact) mass is 305 g/mol. The highest BCUT2D eigenvalue weighted by atomic mass is 32.1. The Labute approximate surface area is 127 Å². The molecular formula is C16H19NO3S. The van der Waals surface area contributed by atoms with E-state index < -0.39 is 5.97 Å². The van der Waals surface area contributed by atoms with Crippen LogP contribution in [0.2, 0.25) is 0 Å². The number of thiazole rings is 1. The minimum absolute atomic E-state index is 0.166. The summed E-state index contributed by atoms with van der Waals surface area (Å²) < 4.78 is 5.31. The lowest BCUT2D eigenvalue weighted by molar-refractivity contribution is 0.0696. The van der Waals surface area contributed by atoms with E-state index in [4.69, 9.17) is 9.52 Å². The summed E-state index contributed by atoms with van der Waals surface area (Å²) in [4.78, 5) is 15.5. The Morgan fingerprint density at radius 3 is 2.76 bits per heavy atom. The van der Waals surface area contributed by atoms with Gasteiger partial charge in [-0.1, -0.05) is 13.8 Å². The second-order valence-electron chi connectivity index (χ2n) is 6.51. The lowest BCUT2D eigenvalue weighted by atomic mass is 9.73. The molecule has 2 heterocycles. The summed E-state index contributed by atoms with van der Waals surface area (Å²) in [5, 5.41) is 12.0. The van der Waals surface area contributed by atoms with Crippen molar-refractivity contribution in [2.75, 3.05) is 0 Å². The van der Waals surface area contributed by atoms with E-state index >= 15 is 0 Å². The number of furan rings is 1. The van der Waals surface area contributed by atoms with Crippen molar-refractivity contribution in [1.29, 1.82) is 0 Å². The summed E-state index contributed by atoms with van der Waals surface area (Å²) in [7, 11) is 0. The molecule has 1 saturated carbocycles. The zero-order valence-electron chi connectivity index (χ0n) is 12.3. The van der Waals surface area contributed by atoms with Crippen molar-refractivity contribution in [3.8, 4) is 11.5 Å². The minimum Gasteiger partial charge on any atom is -0.478 e. The predicted octanol–water partition coefficient (Wildman–Crippen LogP) is 4.79. The van der Waals surface area contributed by atoms with E-state index in [-0.39, 0.29) is 5.56 Å². The molecule has 0 spiro atoms. The van der Waals surface area contributed by atoms with Gasteiger partial charge in [-0.3, -0.25) is 0 Å². The van der Waals surface area contributed by atoms with E-state index in [0.717, 1.165) is 10.7 Å². The number of hydrogen-bond acceptors (Lipinski definition) is 4. The fourth-order valence-electron chi connectivity index (χ4n) is 2.82. The van der Waals surface area contributed by atoms with E-state index in [1.807, 2.05) is 5.38 Å². The zero-order valence-corrected chi connectivity index (χ0v) is 13.1. The molecule has 0 aliphatic heterocycles. The molecular weight excluding hydrogens is 286 g/mol. The van der Waals surface area contributed by atoms with Gasteiger partial charge < -0.3 is 9.52 Å². The van der Waals surface area contributed by atoms with E-state index in [1.165, 1.54) is 38.0 Å². The molecule has 1 aliphatic rings. The first-order valence-electron chi connectivity index (χ1n) is 7.22. The highest BCUT2D eigenvalue weighted by Gasteiger charge is 2.29. The molecule has 5 heteroatoms. The van der Waals surface area contributed by atoms with E-state index in [9.17, 15) is 4.79 Å². The third kappa shape index (κ3) is 3.02. The van der Waals surface area contributed by atoms with Crippen LogP contribution in [0.4, 0.5) is 0 Å². The normalized spacial score (nSPS) is 18.8. The van der Waals surface area contributed by atoms with Crippen LogP contribution >= 0.6 is 11.3 Å². The summed E-state index contributed by atoms with van der Waals surface area (Å²) in [5.74, 6) is 0.0895. The van der Waals surface area contributed by atoms with Crippen LogP contribution in [-0.4, -0.2) is 16.1 Å². The van der Waals surface area contributed by atoms with Crippen molar-refractivity contribution < 1.29 is 14.3 Å². The van der Waals surface area contributed by atoms with Crippen molar-refractivity contribution in [2.24, 2.45) is 5.41 Å². The maximum absolute atomic E-state index is 10.9. The van der Waals surface area contributed by atoms with Crippen molar-refractivity contribution in [3.63, 3.8) is 0 Å². The van der Waals surface area contributed by atoms with Crippen LogP contribution in [0.1, 0.15) is 60.8 Å². The number of carboxylic acids is 1. The molecule has 4 nitrogen and oxygen atoms in total. The number of nitrogens with zero attached hydrogens (tertiary/aromatic N) is 1. The van der Waals surface area contributed by atoms with Crippen molar-refractivity contribution >= 4 is 17.3 Å². The van der Waals surface area contributed by atoms with Gasteiger partial charge in [-0.2, -0.15) is 0 Å². The number of carboxylic acid groups (broad SMARTS) is 1. The second kappa shape index (κ2) is 5.30. The molecule has 3 rings (SSSR count). The molecule has 0 atom stereocenters. The van der Waals surface area contributed by atoms with E-state index in [0.29, 0.717) is 17.1 Å². The quantitative estimate of drug-likeness (QED) is 0.886. The van der Waals surface area contributed by atoms with E-state index in [2.05, 4.69) is 18.8 Å². The SMILES string of the molecule is CC1(C)CCC(c2nc(-c3cc(C(=O)O)co3)cs2)CC1. The summed E-state index contributed by atoms with van der Waals surface area (Å²) >= 11 is 1.65. The molecule has 0 bridgehead atoms. The maximum Gasteiger partial charge on any atom is 0.338 e. The lowest BCUT2D eigenvalue weighted by Gasteiger charge is -2.33. The number of carbonyl (C=O) groups is 1. The number of hydrogen-bond donors (Lipinski definition) is 1. The number of aromatic nitrogens is 1. The van der Waals surface area contributed by atoms with Gasteiger partial charge in [0.1, 0.15) is 12.0 Å². The fourth-order valence-corrected chi connectivity index (χ4v) is 3.80. The smallest absolute Gasteiger partial charge is 0.338 e. The number of rotatable bonds is 3. The molecule has 2 aromatic heterocycles. The van der Waals surface area contributed by atoms with Crippen LogP contribution < -0.4 is 0 Å². The molecule has 1 aliphatic carbocycles. The van der Waals surface area contributed by atoms with Gasteiger partial charge in [0.2, 0.25) is 0 Å². The Morgan fingerprint density at radius 1 is 1.43 bits per heavy atom. The van der Waals surface area contributed by atoms with Crippen LogP contribution in [0.25, 0.3) is 11.5 Å². The van der Waals surface area contributed by atoms with Gasteiger partial charge in [0, 0.05) is 17.4 Å². The summed E-state index contributed by atoms with van der Waals surface area (Å²) in [5.41, 5.74) is 1.36. The van der Waals surface area contributed by atoms with Gasteiger partial charge in [-0.05, 0) is 31.1 Å². The Balaban J connectivity index is 1.75. The van der Waals surface area contributed by atoms with Crippen LogP contribution in [0.15, 0.2) is 22.1 Å². The molecule has 112 valence electrons. The Bertz CT molecular complexity index is 646.